The molecule has 3 rings (SSSR count). The van der Waals surface area contributed by atoms with Gasteiger partial charge in [-0.15, -0.1) is 0 Å². The molecule has 0 saturated carbocycles. The van der Waals surface area contributed by atoms with Crippen molar-refractivity contribution in [2.75, 3.05) is 10.8 Å². The maximum absolute atomic E-state index is 13.9. The molecule has 0 unspecified atom stereocenters. The molecule has 0 aliphatic rings. The number of carbonyl (C=O) groups excluding carboxylic acids is 2. The first-order valence-corrected chi connectivity index (χ1v) is 14.8. The highest BCUT2D eigenvalue weighted by Gasteiger charge is 2.32. The van der Waals surface area contributed by atoms with E-state index in [9.17, 15) is 22.4 Å². The van der Waals surface area contributed by atoms with Gasteiger partial charge in [0.25, 0.3) is 10.0 Å². The van der Waals surface area contributed by atoms with Crippen LogP contribution in [0.2, 0.25) is 0 Å². The Bertz CT molecular complexity index is 1400. The first-order valence-electron chi connectivity index (χ1n) is 12.6. The van der Waals surface area contributed by atoms with Crippen LogP contribution < -0.4 is 9.62 Å². The molecule has 0 spiro atoms. The summed E-state index contributed by atoms with van der Waals surface area (Å²) in [5.74, 6) is -1.37. The summed E-state index contributed by atoms with van der Waals surface area (Å²) in [4.78, 5) is 28.3. The van der Waals surface area contributed by atoms with Crippen LogP contribution in [0.3, 0.4) is 0 Å². The van der Waals surface area contributed by atoms with E-state index in [4.69, 9.17) is 0 Å². The zero-order valence-corrected chi connectivity index (χ0v) is 24.8. The van der Waals surface area contributed by atoms with Gasteiger partial charge >= 0.3 is 0 Å². The number of nitrogens with zero attached hydrogens (tertiary/aromatic N) is 2. The molecule has 0 saturated heterocycles. The zero-order chi connectivity index (χ0) is 28.7. The van der Waals surface area contributed by atoms with Crippen LogP contribution in [0.15, 0.2) is 82.2 Å². The molecule has 0 aliphatic heterocycles. The number of anilines is 1. The van der Waals surface area contributed by atoms with E-state index in [0.717, 1.165) is 9.87 Å². The monoisotopic (exact) mass is 617 g/mol. The first kappa shape index (κ1) is 30.3. The lowest BCUT2D eigenvalue weighted by molar-refractivity contribution is -0.139. The summed E-state index contributed by atoms with van der Waals surface area (Å²) in [6.07, 6.45) is 0.704. The molecule has 2 amide bonds. The van der Waals surface area contributed by atoms with Gasteiger partial charge in [0.2, 0.25) is 11.8 Å². The van der Waals surface area contributed by atoms with E-state index in [0.29, 0.717) is 16.5 Å². The highest BCUT2D eigenvalue weighted by molar-refractivity contribution is 9.10. The Morgan fingerprint density at radius 2 is 1.64 bits per heavy atom. The Labute approximate surface area is 238 Å². The number of rotatable bonds is 11. The minimum Gasteiger partial charge on any atom is -0.352 e. The topological polar surface area (TPSA) is 86.8 Å². The first-order chi connectivity index (χ1) is 18.4. The molecule has 2 atom stereocenters. The third-order valence-electron chi connectivity index (χ3n) is 6.42. The van der Waals surface area contributed by atoms with Gasteiger partial charge in [0.15, 0.2) is 0 Å². The highest BCUT2D eigenvalue weighted by Crippen LogP contribution is 2.27. The second-order valence-electron chi connectivity index (χ2n) is 9.45. The van der Waals surface area contributed by atoms with Gasteiger partial charge in [0, 0.05) is 17.1 Å². The number of carbonyl (C=O) groups is 2. The van der Waals surface area contributed by atoms with Crippen molar-refractivity contribution in [3.05, 3.63) is 94.2 Å². The number of amides is 2. The molecule has 3 aromatic carbocycles. The van der Waals surface area contributed by atoms with Crippen LogP contribution in [0.1, 0.15) is 38.3 Å². The van der Waals surface area contributed by atoms with Crippen molar-refractivity contribution in [3.8, 4) is 0 Å². The van der Waals surface area contributed by atoms with E-state index >= 15 is 0 Å². The van der Waals surface area contributed by atoms with Crippen molar-refractivity contribution in [1.29, 1.82) is 0 Å². The standard InChI is InChI=1S/C29H33BrFN3O4S/c1-5-21(3)32-29(36)22(4)33(18-23-11-13-25(31)14-12-23)28(35)19-34(26-8-6-7-24(30)17-26)39(37,38)27-15-9-20(2)10-16-27/h6-17,21-22H,5,18-19H2,1-4H3,(H,32,36)/t21-,22+/m0/s1. The van der Waals surface area contributed by atoms with Crippen molar-refractivity contribution in [2.45, 2.75) is 57.6 Å². The van der Waals surface area contributed by atoms with Gasteiger partial charge in [-0.1, -0.05) is 58.7 Å². The summed E-state index contributed by atoms with van der Waals surface area (Å²) in [6.45, 7) is 6.69. The molecule has 208 valence electrons. The summed E-state index contributed by atoms with van der Waals surface area (Å²) in [7, 11) is -4.15. The van der Waals surface area contributed by atoms with E-state index in [1.165, 1.54) is 41.3 Å². The number of benzene rings is 3. The lowest BCUT2D eigenvalue weighted by Gasteiger charge is -2.32. The Hall–Kier alpha value is -3.24. The molecule has 0 aliphatic carbocycles. The highest BCUT2D eigenvalue weighted by atomic mass is 79.9. The van der Waals surface area contributed by atoms with Gasteiger partial charge in [-0.2, -0.15) is 0 Å². The Balaban J connectivity index is 2.02. The zero-order valence-electron chi connectivity index (χ0n) is 22.4. The van der Waals surface area contributed by atoms with Crippen molar-refractivity contribution >= 4 is 43.5 Å². The molecule has 3 aromatic rings. The smallest absolute Gasteiger partial charge is 0.264 e. The van der Waals surface area contributed by atoms with Crippen LogP contribution in [-0.4, -0.2) is 43.8 Å². The minimum absolute atomic E-state index is 0.00882. The second-order valence-corrected chi connectivity index (χ2v) is 12.2. The summed E-state index contributed by atoms with van der Waals surface area (Å²) < 4.78 is 42.9. The Morgan fingerprint density at radius 1 is 1.00 bits per heavy atom. The predicted molar refractivity (Wildman–Crippen MR) is 154 cm³/mol. The molecular formula is C29H33BrFN3O4S. The van der Waals surface area contributed by atoms with Crippen LogP contribution in [0.25, 0.3) is 0 Å². The molecule has 10 heteroatoms. The molecule has 0 aromatic heterocycles. The molecule has 1 N–H and O–H groups in total. The normalized spacial score (nSPS) is 12.9. The van der Waals surface area contributed by atoms with Gasteiger partial charge < -0.3 is 10.2 Å². The SMILES string of the molecule is CC[C@H](C)NC(=O)[C@@H](C)N(Cc1ccc(F)cc1)C(=O)CN(c1cccc(Br)c1)S(=O)(=O)c1ccc(C)cc1. The number of hydrogen-bond acceptors (Lipinski definition) is 4. The van der Waals surface area contributed by atoms with Crippen molar-refractivity contribution in [2.24, 2.45) is 0 Å². The van der Waals surface area contributed by atoms with Crippen molar-refractivity contribution < 1.29 is 22.4 Å². The van der Waals surface area contributed by atoms with Crippen LogP contribution >= 0.6 is 15.9 Å². The number of aryl methyl sites for hydroxylation is 1. The van der Waals surface area contributed by atoms with Crippen molar-refractivity contribution in [3.63, 3.8) is 0 Å². The number of sulfonamides is 1. The van der Waals surface area contributed by atoms with Crippen LogP contribution in [0.5, 0.6) is 0 Å². The molecule has 0 radical (unpaired) electrons. The minimum atomic E-state index is -4.15. The van der Waals surface area contributed by atoms with Crippen LogP contribution in [-0.2, 0) is 26.2 Å². The Kier molecular flexibility index (Phi) is 10.3. The quantitative estimate of drug-likeness (QED) is 0.311. The summed E-state index contributed by atoms with van der Waals surface area (Å²) in [5.41, 5.74) is 1.78. The van der Waals surface area contributed by atoms with E-state index < -0.39 is 34.3 Å². The fourth-order valence-electron chi connectivity index (χ4n) is 3.83. The summed E-state index contributed by atoms with van der Waals surface area (Å²) in [6, 6.07) is 17.6. The Morgan fingerprint density at radius 3 is 2.23 bits per heavy atom. The lowest BCUT2D eigenvalue weighted by atomic mass is 10.1. The van der Waals surface area contributed by atoms with E-state index in [2.05, 4.69) is 21.2 Å². The molecule has 7 nitrogen and oxygen atoms in total. The number of hydrogen-bond donors (Lipinski definition) is 1. The third kappa shape index (κ3) is 7.89. The van der Waals surface area contributed by atoms with Gasteiger partial charge in [0.1, 0.15) is 18.4 Å². The molecular weight excluding hydrogens is 585 g/mol. The van der Waals surface area contributed by atoms with E-state index in [-0.39, 0.29) is 29.1 Å². The van der Waals surface area contributed by atoms with Gasteiger partial charge in [0.05, 0.1) is 10.6 Å². The molecule has 0 heterocycles. The summed E-state index contributed by atoms with van der Waals surface area (Å²) >= 11 is 3.38. The number of halogens is 2. The maximum atomic E-state index is 13.9. The fourth-order valence-corrected chi connectivity index (χ4v) is 5.63. The predicted octanol–water partition coefficient (Wildman–Crippen LogP) is 5.42. The van der Waals surface area contributed by atoms with Gasteiger partial charge in [-0.05, 0) is 75.2 Å². The molecule has 0 bridgehead atoms. The average Bonchev–Trinajstić information content (AvgIpc) is 2.90. The van der Waals surface area contributed by atoms with Crippen LogP contribution in [0.4, 0.5) is 10.1 Å². The maximum Gasteiger partial charge on any atom is 0.264 e. The average molecular weight is 619 g/mol. The lowest BCUT2D eigenvalue weighted by Crippen LogP contribution is -2.52. The van der Waals surface area contributed by atoms with Crippen molar-refractivity contribution in [1.82, 2.24) is 10.2 Å². The third-order valence-corrected chi connectivity index (χ3v) is 8.70. The van der Waals surface area contributed by atoms with Gasteiger partial charge in [-0.3, -0.25) is 13.9 Å². The van der Waals surface area contributed by atoms with Crippen LogP contribution in [0, 0.1) is 12.7 Å². The second kappa shape index (κ2) is 13.2. The number of nitrogens with one attached hydrogen (secondary N) is 1. The van der Waals surface area contributed by atoms with Gasteiger partial charge in [-0.25, -0.2) is 12.8 Å². The van der Waals surface area contributed by atoms with E-state index in [1.807, 2.05) is 20.8 Å². The largest absolute Gasteiger partial charge is 0.352 e. The fraction of sp³-hybridized carbons (Fsp3) is 0.310. The molecule has 0 fully saturated rings. The van der Waals surface area contributed by atoms with E-state index in [1.54, 1.807) is 43.3 Å². The summed E-state index contributed by atoms with van der Waals surface area (Å²) in [5, 5.41) is 2.88. The molecule has 39 heavy (non-hydrogen) atoms.